The number of nitrogens with zero attached hydrogens (tertiary/aromatic N) is 3. The molecule has 2 aliphatic rings. The molecular weight excluding hydrogens is 216 g/mol. The Morgan fingerprint density at radius 1 is 1.57 bits per heavy atom. The zero-order valence-corrected chi connectivity index (χ0v) is 8.99. The van der Waals surface area contributed by atoms with Gasteiger partial charge in [0.2, 0.25) is 0 Å². The van der Waals surface area contributed by atoms with Gasteiger partial charge in [-0.15, -0.1) is 12.6 Å². The van der Waals surface area contributed by atoms with Gasteiger partial charge < -0.3 is 0 Å². The Hall–Kier alpha value is -1.06. The smallest absolute Gasteiger partial charge is 0.165 e. The van der Waals surface area contributed by atoms with Gasteiger partial charge in [-0.3, -0.25) is 5.41 Å². The van der Waals surface area contributed by atoms with E-state index in [0.29, 0.717) is 10.7 Å². The number of thioether (sulfide) groups is 1. The molecule has 2 rings (SSSR count). The van der Waals surface area contributed by atoms with Crippen molar-refractivity contribution in [2.24, 2.45) is 9.98 Å². The average molecular weight is 222 g/mol. The third-order valence-corrected chi connectivity index (χ3v) is 3.65. The molecule has 1 atom stereocenters. The standard InChI is InChI=1S/C8H6N4S2/c1-3-11-8-6(14-3)5(13)4(2-9)7(10)12-8/h6,10,13H,1H3. The fourth-order valence-corrected chi connectivity index (χ4v) is 2.62. The number of aliphatic imine (C=N–C) groups is 2. The van der Waals surface area contributed by atoms with Crippen molar-refractivity contribution in [3.8, 4) is 6.07 Å². The van der Waals surface area contributed by atoms with Gasteiger partial charge in [-0.05, 0) is 6.92 Å². The number of nitriles is 1. The van der Waals surface area contributed by atoms with Crippen LogP contribution in [-0.2, 0) is 0 Å². The molecule has 0 spiro atoms. The van der Waals surface area contributed by atoms with Crippen molar-refractivity contribution in [3.63, 3.8) is 0 Å². The van der Waals surface area contributed by atoms with Gasteiger partial charge in [-0.2, -0.15) is 5.26 Å². The molecule has 0 aromatic carbocycles. The zero-order valence-electron chi connectivity index (χ0n) is 7.27. The average Bonchev–Trinajstić information content (AvgIpc) is 2.47. The molecule has 2 aliphatic heterocycles. The van der Waals surface area contributed by atoms with Crippen molar-refractivity contribution >= 4 is 41.1 Å². The summed E-state index contributed by atoms with van der Waals surface area (Å²) in [5.41, 5.74) is 0.250. The van der Waals surface area contributed by atoms with Crippen LogP contribution in [-0.4, -0.2) is 22.0 Å². The minimum Gasteiger partial charge on any atom is -0.282 e. The fraction of sp³-hybridized carbons (Fsp3) is 0.250. The number of hydrogen-bond donors (Lipinski definition) is 2. The lowest BCUT2D eigenvalue weighted by Gasteiger charge is -2.15. The van der Waals surface area contributed by atoms with Crippen molar-refractivity contribution in [2.45, 2.75) is 12.2 Å². The molecule has 0 saturated heterocycles. The number of amidine groups is 2. The van der Waals surface area contributed by atoms with Crippen LogP contribution in [0, 0.1) is 16.7 Å². The lowest BCUT2D eigenvalue weighted by atomic mass is 10.1. The van der Waals surface area contributed by atoms with Gasteiger partial charge in [0.15, 0.2) is 5.84 Å². The van der Waals surface area contributed by atoms with Crippen LogP contribution in [0.5, 0.6) is 0 Å². The van der Waals surface area contributed by atoms with Gasteiger partial charge in [-0.25, -0.2) is 9.98 Å². The number of nitrogens with one attached hydrogen (secondary N) is 1. The Morgan fingerprint density at radius 3 is 2.93 bits per heavy atom. The highest BCUT2D eigenvalue weighted by molar-refractivity contribution is 8.16. The first kappa shape index (κ1) is 9.49. The summed E-state index contributed by atoms with van der Waals surface area (Å²) in [7, 11) is 0. The van der Waals surface area contributed by atoms with E-state index in [2.05, 4.69) is 22.6 Å². The highest BCUT2D eigenvalue weighted by Gasteiger charge is 2.33. The lowest BCUT2D eigenvalue weighted by Crippen LogP contribution is -2.21. The minimum absolute atomic E-state index is 0.0391. The molecule has 1 N–H and O–H groups in total. The molecule has 0 amide bonds. The Bertz CT molecular complexity index is 452. The Labute approximate surface area is 90.7 Å². The van der Waals surface area contributed by atoms with E-state index in [1.54, 1.807) is 0 Å². The topological polar surface area (TPSA) is 72.4 Å². The van der Waals surface area contributed by atoms with E-state index in [4.69, 9.17) is 10.7 Å². The molecule has 0 aliphatic carbocycles. The number of fused-ring (bicyclic) bond motifs is 1. The van der Waals surface area contributed by atoms with Crippen molar-refractivity contribution in [1.29, 1.82) is 10.7 Å². The summed E-state index contributed by atoms with van der Waals surface area (Å²) in [5, 5.41) is 17.1. The molecule has 1 unspecified atom stereocenters. The highest BCUT2D eigenvalue weighted by atomic mass is 32.2. The van der Waals surface area contributed by atoms with Gasteiger partial charge in [-0.1, -0.05) is 11.8 Å². The SMILES string of the molecule is CC1=NC2=NC(=N)C(C#N)=C(S)C2S1. The normalized spacial score (nSPS) is 25.5. The predicted octanol–water partition coefficient (Wildman–Crippen LogP) is 1.62. The summed E-state index contributed by atoms with van der Waals surface area (Å²) in [4.78, 5) is 8.73. The van der Waals surface area contributed by atoms with Crippen molar-refractivity contribution < 1.29 is 0 Å². The third kappa shape index (κ3) is 1.29. The van der Waals surface area contributed by atoms with Gasteiger partial charge in [0.1, 0.15) is 22.7 Å². The maximum absolute atomic E-state index is 8.80. The van der Waals surface area contributed by atoms with Crippen LogP contribution in [0.4, 0.5) is 0 Å². The van der Waals surface area contributed by atoms with E-state index < -0.39 is 0 Å². The number of dihydropyridines is 1. The Morgan fingerprint density at radius 2 is 2.29 bits per heavy atom. The van der Waals surface area contributed by atoms with Crippen molar-refractivity contribution in [1.82, 2.24) is 0 Å². The molecule has 2 heterocycles. The van der Waals surface area contributed by atoms with Crippen LogP contribution in [0.15, 0.2) is 20.5 Å². The molecule has 0 fully saturated rings. The van der Waals surface area contributed by atoms with Gasteiger partial charge in [0.25, 0.3) is 0 Å². The highest BCUT2D eigenvalue weighted by Crippen LogP contribution is 2.35. The van der Waals surface area contributed by atoms with Crippen LogP contribution in [0.3, 0.4) is 0 Å². The van der Waals surface area contributed by atoms with Crippen LogP contribution < -0.4 is 0 Å². The zero-order chi connectivity index (χ0) is 10.3. The number of rotatable bonds is 0. The van der Waals surface area contributed by atoms with E-state index in [-0.39, 0.29) is 16.7 Å². The van der Waals surface area contributed by atoms with E-state index in [1.807, 2.05) is 13.0 Å². The summed E-state index contributed by atoms with van der Waals surface area (Å²) >= 11 is 5.77. The second-order valence-electron chi connectivity index (χ2n) is 2.82. The van der Waals surface area contributed by atoms with Crippen LogP contribution in [0.1, 0.15) is 6.92 Å². The molecule has 0 aromatic heterocycles. The van der Waals surface area contributed by atoms with Gasteiger partial charge in [0, 0.05) is 4.91 Å². The predicted molar refractivity (Wildman–Crippen MR) is 61.3 cm³/mol. The van der Waals surface area contributed by atoms with E-state index in [1.165, 1.54) is 11.8 Å². The molecule has 70 valence electrons. The lowest BCUT2D eigenvalue weighted by molar-refractivity contribution is 1.29. The summed E-state index contributed by atoms with van der Waals surface area (Å²) in [6.07, 6.45) is 0. The van der Waals surface area contributed by atoms with Crippen molar-refractivity contribution in [2.75, 3.05) is 0 Å². The van der Waals surface area contributed by atoms with Crippen LogP contribution in [0.25, 0.3) is 0 Å². The molecular formula is C8H6N4S2. The van der Waals surface area contributed by atoms with Gasteiger partial charge >= 0.3 is 0 Å². The van der Waals surface area contributed by atoms with E-state index in [0.717, 1.165) is 5.04 Å². The monoisotopic (exact) mass is 222 g/mol. The molecule has 14 heavy (non-hydrogen) atoms. The molecule has 0 aromatic rings. The summed E-state index contributed by atoms with van der Waals surface area (Å²) in [6.45, 7) is 1.88. The maximum Gasteiger partial charge on any atom is 0.165 e. The second kappa shape index (κ2) is 3.26. The van der Waals surface area contributed by atoms with Crippen LogP contribution in [0.2, 0.25) is 0 Å². The van der Waals surface area contributed by atoms with Crippen molar-refractivity contribution in [3.05, 3.63) is 10.5 Å². The molecule has 0 saturated carbocycles. The Balaban J connectivity index is 2.49. The first-order valence-electron chi connectivity index (χ1n) is 3.86. The first-order chi connectivity index (χ1) is 6.63. The largest absolute Gasteiger partial charge is 0.282 e. The third-order valence-electron chi connectivity index (χ3n) is 1.87. The fourth-order valence-electron chi connectivity index (χ4n) is 1.26. The summed E-state index contributed by atoms with van der Waals surface area (Å²) in [6, 6.07) is 1.94. The van der Waals surface area contributed by atoms with E-state index in [9.17, 15) is 0 Å². The Kier molecular flexibility index (Phi) is 2.21. The van der Waals surface area contributed by atoms with E-state index >= 15 is 0 Å². The number of hydrogen-bond acceptors (Lipinski definition) is 5. The first-order valence-corrected chi connectivity index (χ1v) is 5.19. The number of thiol groups is 1. The molecule has 0 radical (unpaired) electrons. The second-order valence-corrected chi connectivity index (χ2v) is 4.60. The summed E-state index contributed by atoms with van der Waals surface area (Å²) in [5.74, 6) is 0.546. The molecule has 4 nitrogen and oxygen atoms in total. The quantitative estimate of drug-likeness (QED) is 0.611. The minimum atomic E-state index is -0.0814. The molecule has 6 heteroatoms. The molecule has 0 bridgehead atoms. The summed E-state index contributed by atoms with van der Waals surface area (Å²) < 4.78 is 0. The maximum atomic E-state index is 8.80. The van der Waals surface area contributed by atoms with Crippen LogP contribution >= 0.6 is 24.4 Å². The van der Waals surface area contributed by atoms with Gasteiger partial charge in [0.05, 0.1) is 5.04 Å².